The fourth-order valence-corrected chi connectivity index (χ4v) is 3.15. The maximum Gasteiger partial charge on any atom is 0.246 e. The van der Waals surface area contributed by atoms with E-state index in [2.05, 4.69) is 5.32 Å². The van der Waals surface area contributed by atoms with E-state index in [1.165, 1.54) is 5.57 Å². The maximum atomic E-state index is 12.6. The third-order valence-corrected chi connectivity index (χ3v) is 4.33. The molecule has 4 nitrogen and oxygen atoms in total. The van der Waals surface area contributed by atoms with Gasteiger partial charge in [-0.1, -0.05) is 31.4 Å². The molecule has 1 heterocycles. The van der Waals surface area contributed by atoms with Gasteiger partial charge in [0.05, 0.1) is 0 Å². The van der Waals surface area contributed by atoms with Gasteiger partial charge >= 0.3 is 0 Å². The summed E-state index contributed by atoms with van der Waals surface area (Å²) in [5, 5.41) is 2.92. The first-order chi connectivity index (χ1) is 9.01. The van der Waals surface area contributed by atoms with E-state index in [0.717, 1.165) is 25.7 Å². The molecular formula is C15H24N2O2. The molecule has 1 aliphatic carbocycles. The number of piperazine rings is 1. The van der Waals surface area contributed by atoms with Crippen molar-refractivity contribution in [1.29, 1.82) is 0 Å². The Kier molecular flexibility index (Phi) is 3.97. The molecule has 2 amide bonds. The van der Waals surface area contributed by atoms with Gasteiger partial charge in [0.25, 0.3) is 0 Å². The van der Waals surface area contributed by atoms with Crippen LogP contribution in [0.1, 0.15) is 52.9 Å². The molecule has 1 N–H and O–H groups in total. The van der Waals surface area contributed by atoms with Gasteiger partial charge in [0, 0.05) is 6.54 Å². The summed E-state index contributed by atoms with van der Waals surface area (Å²) in [5.74, 6) is 0.139. The minimum Gasteiger partial charge on any atom is -0.342 e. The van der Waals surface area contributed by atoms with E-state index in [1.807, 2.05) is 31.7 Å². The van der Waals surface area contributed by atoms with Crippen molar-refractivity contribution >= 4 is 11.8 Å². The van der Waals surface area contributed by atoms with Crippen molar-refractivity contribution in [2.45, 2.75) is 64.5 Å². The van der Waals surface area contributed by atoms with E-state index >= 15 is 0 Å². The van der Waals surface area contributed by atoms with Gasteiger partial charge in [-0.3, -0.25) is 9.59 Å². The number of hydrogen-bond acceptors (Lipinski definition) is 2. The van der Waals surface area contributed by atoms with Gasteiger partial charge in [-0.15, -0.1) is 0 Å². The van der Waals surface area contributed by atoms with Crippen LogP contribution in [0, 0.1) is 0 Å². The number of nitrogens with one attached hydrogen (secondary N) is 1. The molecule has 1 aliphatic heterocycles. The van der Waals surface area contributed by atoms with Gasteiger partial charge in [0.1, 0.15) is 11.6 Å². The van der Waals surface area contributed by atoms with E-state index in [1.54, 1.807) is 0 Å². The maximum absolute atomic E-state index is 12.6. The number of amides is 2. The fourth-order valence-electron chi connectivity index (χ4n) is 3.15. The summed E-state index contributed by atoms with van der Waals surface area (Å²) in [6.07, 6.45) is 6.37. The SMILES string of the molecule is CCC1NC(=O)C2(CCCC2)N(CC=C(C)C)C1=O. The highest BCUT2D eigenvalue weighted by Crippen LogP contribution is 2.38. The molecule has 1 atom stereocenters. The molecule has 2 fully saturated rings. The molecule has 2 aliphatic rings. The molecule has 2 rings (SSSR count). The Bertz CT molecular complexity index is 404. The summed E-state index contributed by atoms with van der Waals surface area (Å²) < 4.78 is 0. The van der Waals surface area contributed by atoms with E-state index in [4.69, 9.17) is 0 Å². The number of allylic oxidation sites excluding steroid dienone is 1. The van der Waals surface area contributed by atoms with Crippen molar-refractivity contribution in [1.82, 2.24) is 10.2 Å². The molecule has 1 unspecified atom stereocenters. The van der Waals surface area contributed by atoms with Crippen LogP contribution in [0.4, 0.5) is 0 Å². The largest absolute Gasteiger partial charge is 0.342 e. The Hall–Kier alpha value is -1.32. The van der Waals surface area contributed by atoms with Crippen LogP contribution in [0.2, 0.25) is 0 Å². The molecule has 1 saturated heterocycles. The molecule has 0 bridgehead atoms. The van der Waals surface area contributed by atoms with Crippen LogP contribution in [0.3, 0.4) is 0 Å². The first kappa shape index (κ1) is 14.1. The van der Waals surface area contributed by atoms with Crippen LogP contribution < -0.4 is 5.32 Å². The van der Waals surface area contributed by atoms with E-state index in [9.17, 15) is 9.59 Å². The molecule has 19 heavy (non-hydrogen) atoms. The summed E-state index contributed by atoms with van der Waals surface area (Å²) in [7, 11) is 0. The fraction of sp³-hybridized carbons (Fsp3) is 0.733. The third kappa shape index (κ3) is 2.40. The van der Waals surface area contributed by atoms with Crippen LogP contribution in [-0.2, 0) is 9.59 Å². The van der Waals surface area contributed by atoms with Crippen LogP contribution in [0.15, 0.2) is 11.6 Å². The van der Waals surface area contributed by atoms with Gasteiger partial charge < -0.3 is 10.2 Å². The quantitative estimate of drug-likeness (QED) is 0.793. The van der Waals surface area contributed by atoms with Gasteiger partial charge in [-0.25, -0.2) is 0 Å². The average molecular weight is 264 g/mol. The average Bonchev–Trinajstić information content (AvgIpc) is 2.84. The Labute approximate surface area is 115 Å². The van der Waals surface area contributed by atoms with Gasteiger partial charge in [-0.05, 0) is 33.1 Å². The smallest absolute Gasteiger partial charge is 0.246 e. The summed E-state index contributed by atoms with van der Waals surface area (Å²) in [4.78, 5) is 26.9. The second kappa shape index (κ2) is 5.35. The predicted octanol–water partition coefficient (Wildman–Crippen LogP) is 2.00. The lowest BCUT2D eigenvalue weighted by atomic mass is 9.89. The lowest BCUT2D eigenvalue weighted by Gasteiger charge is -2.46. The second-order valence-corrected chi connectivity index (χ2v) is 5.90. The van der Waals surface area contributed by atoms with Crippen molar-refractivity contribution < 1.29 is 9.59 Å². The molecule has 4 heteroatoms. The number of carbonyl (C=O) groups excluding carboxylic acids is 2. The van der Waals surface area contributed by atoms with Crippen LogP contribution in [0.5, 0.6) is 0 Å². The van der Waals surface area contributed by atoms with Crippen molar-refractivity contribution in [2.24, 2.45) is 0 Å². The first-order valence-corrected chi connectivity index (χ1v) is 7.27. The lowest BCUT2D eigenvalue weighted by molar-refractivity contribution is -0.156. The predicted molar refractivity (Wildman–Crippen MR) is 74.6 cm³/mol. The Balaban J connectivity index is 2.31. The standard InChI is InChI=1S/C15H24N2O2/c1-4-12-13(18)17(10-7-11(2)3)15(14(19)16-12)8-5-6-9-15/h7,12H,4-6,8-10H2,1-3H3,(H,16,19). The lowest BCUT2D eigenvalue weighted by Crippen LogP contribution is -2.69. The van der Waals surface area contributed by atoms with E-state index in [0.29, 0.717) is 13.0 Å². The van der Waals surface area contributed by atoms with Gasteiger partial charge in [-0.2, -0.15) is 0 Å². The molecule has 0 aromatic heterocycles. The highest BCUT2D eigenvalue weighted by atomic mass is 16.2. The molecule has 0 aromatic rings. The minimum absolute atomic E-state index is 0.0543. The summed E-state index contributed by atoms with van der Waals surface area (Å²) in [6.45, 7) is 6.54. The van der Waals surface area contributed by atoms with Crippen LogP contribution >= 0.6 is 0 Å². The Morgan fingerprint density at radius 3 is 2.53 bits per heavy atom. The number of nitrogens with zero attached hydrogens (tertiary/aromatic N) is 1. The molecular weight excluding hydrogens is 240 g/mol. The molecule has 106 valence electrons. The summed E-state index contributed by atoms with van der Waals surface area (Å²) in [5.41, 5.74) is 0.606. The first-order valence-electron chi connectivity index (χ1n) is 7.27. The van der Waals surface area contributed by atoms with Gasteiger partial charge in [0.2, 0.25) is 11.8 Å². The summed E-state index contributed by atoms with van der Waals surface area (Å²) in [6, 6.07) is -0.343. The number of rotatable bonds is 3. The zero-order chi connectivity index (χ0) is 14.0. The molecule has 0 aromatic carbocycles. The van der Waals surface area contributed by atoms with E-state index < -0.39 is 5.54 Å². The minimum atomic E-state index is -0.575. The molecule has 1 spiro atoms. The normalized spacial score (nSPS) is 25.6. The number of carbonyl (C=O) groups is 2. The zero-order valence-corrected chi connectivity index (χ0v) is 12.2. The van der Waals surface area contributed by atoms with Crippen molar-refractivity contribution in [2.75, 3.05) is 6.54 Å². The molecule has 0 radical (unpaired) electrons. The second-order valence-electron chi connectivity index (χ2n) is 5.90. The van der Waals surface area contributed by atoms with Gasteiger partial charge in [0.15, 0.2) is 0 Å². The number of hydrogen-bond donors (Lipinski definition) is 1. The van der Waals surface area contributed by atoms with Crippen LogP contribution in [0.25, 0.3) is 0 Å². The van der Waals surface area contributed by atoms with Crippen molar-refractivity contribution in [3.05, 3.63) is 11.6 Å². The summed E-state index contributed by atoms with van der Waals surface area (Å²) >= 11 is 0. The monoisotopic (exact) mass is 264 g/mol. The van der Waals surface area contributed by atoms with E-state index in [-0.39, 0.29) is 17.9 Å². The highest BCUT2D eigenvalue weighted by Gasteiger charge is 2.52. The topological polar surface area (TPSA) is 49.4 Å². The Morgan fingerprint density at radius 2 is 2.00 bits per heavy atom. The van der Waals surface area contributed by atoms with Crippen molar-refractivity contribution in [3.63, 3.8) is 0 Å². The van der Waals surface area contributed by atoms with Crippen LogP contribution in [-0.4, -0.2) is 34.8 Å². The third-order valence-electron chi connectivity index (χ3n) is 4.33. The Morgan fingerprint density at radius 1 is 1.37 bits per heavy atom. The van der Waals surface area contributed by atoms with Crippen molar-refractivity contribution in [3.8, 4) is 0 Å². The zero-order valence-electron chi connectivity index (χ0n) is 12.2. The molecule has 1 saturated carbocycles. The highest BCUT2D eigenvalue weighted by molar-refractivity contribution is 6.00.